The van der Waals surface area contributed by atoms with Crippen LogP contribution in [-0.2, 0) is 0 Å². The maximum atomic E-state index is 9.31. The minimum atomic E-state index is 0.231. The van der Waals surface area contributed by atoms with E-state index in [0.717, 1.165) is 17.7 Å². The van der Waals surface area contributed by atoms with Crippen LogP contribution in [0.3, 0.4) is 0 Å². The van der Waals surface area contributed by atoms with Crippen LogP contribution >= 0.6 is 0 Å². The number of hydrogen-bond acceptors (Lipinski definition) is 6. The normalized spacial score (nSPS) is 11.3. The van der Waals surface area contributed by atoms with Crippen LogP contribution in [0.5, 0.6) is 11.5 Å². The summed E-state index contributed by atoms with van der Waals surface area (Å²) in [6.07, 6.45) is 3.61. The van der Waals surface area contributed by atoms with E-state index in [4.69, 9.17) is 9.26 Å². The van der Waals surface area contributed by atoms with Gasteiger partial charge in [0.15, 0.2) is 5.82 Å². The third kappa shape index (κ3) is 4.70. The lowest BCUT2D eigenvalue weighted by Crippen LogP contribution is -2.19. The highest BCUT2D eigenvalue weighted by Gasteiger charge is 2.12. The summed E-state index contributed by atoms with van der Waals surface area (Å²) in [5.41, 5.74) is 1.70. The molecule has 3 aromatic rings. The number of nitrogens with zero attached hydrogens (tertiary/aromatic N) is 3. The van der Waals surface area contributed by atoms with E-state index in [1.165, 1.54) is 0 Å². The Labute approximate surface area is 152 Å². The summed E-state index contributed by atoms with van der Waals surface area (Å²) in [6, 6.07) is 14.5. The molecule has 6 nitrogen and oxygen atoms in total. The second-order valence-electron chi connectivity index (χ2n) is 6.03. The van der Waals surface area contributed by atoms with Gasteiger partial charge in [-0.2, -0.15) is 4.98 Å². The Kier molecular flexibility index (Phi) is 5.66. The summed E-state index contributed by atoms with van der Waals surface area (Å²) in [7, 11) is 4.00. The number of aromatic nitrogens is 2. The van der Waals surface area contributed by atoms with Gasteiger partial charge in [-0.15, -0.1) is 0 Å². The Balaban J connectivity index is 1.74. The fourth-order valence-electron chi connectivity index (χ4n) is 2.28. The number of hydrogen-bond donors (Lipinski definition) is 1. The maximum Gasteiger partial charge on any atom is 0.261 e. The smallest absolute Gasteiger partial charge is 0.261 e. The Bertz CT molecular complexity index is 870. The van der Waals surface area contributed by atoms with E-state index in [1.807, 2.05) is 44.4 Å². The number of rotatable bonds is 7. The lowest BCUT2D eigenvalue weighted by Gasteiger charge is -2.12. The molecule has 0 bridgehead atoms. The SMILES string of the molecule is CN(C)CCOc1ccccc1-c1nc(/C=C/c2ccc(O)cc2)no1. The number of para-hydroxylation sites is 1. The predicted octanol–water partition coefficient (Wildman–Crippen LogP) is 3.55. The number of phenols is 1. The van der Waals surface area contributed by atoms with Gasteiger partial charge in [0.05, 0.1) is 5.56 Å². The zero-order chi connectivity index (χ0) is 18.4. The van der Waals surface area contributed by atoms with E-state index >= 15 is 0 Å². The first-order valence-corrected chi connectivity index (χ1v) is 8.29. The first-order chi connectivity index (χ1) is 12.6. The predicted molar refractivity (Wildman–Crippen MR) is 101 cm³/mol. The van der Waals surface area contributed by atoms with Crippen molar-refractivity contribution in [2.75, 3.05) is 27.2 Å². The van der Waals surface area contributed by atoms with Crippen LogP contribution in [0.15, 0.2) is 53.1 Å². The van der Waals surface area contributed by atoms with Crippen molar-refractivity contribution in [3.05, 3.63) is 59.9 Å². The molecule has 0 radical (unpaired) electrons. The number of ether oxygens (including phenoxy) is 1. The van der Waals surface area contributed by atoms with E-state index < -0.39 is 0 Å². The fourth-order valence-corrected chi connectivity index (χ4v) is 2.28. The van der Waals surface area contributed by atoms with Crippen LogP contribution in [-0.4, -0.2) is 47.4 Å². The van der Waals surface area contributed by atoms with Gasteiger partial charge < -0.3 is 19.3 Å². The molecule has 0 unspecified atom stereocenters. The van der Waals surface area contributed by atoms with Crippen molar-refractivity contribution in [1.82, 2.24) is 15.0 Å². The van der Waals surface area contributed by atoms with Crippen molar-refractivity contribution < 1.29 is 14.4 Å². The van der Waals surface area contributed by atoms with Gasteiger partial charge in [0.25, 0.3) is 5.89 Å². The van der Waals surface area contributed by atoms with E-state index in [2.05, 4.69) is 15.0 Å². The zero-order valence-corrected chi connectivity index (χ0v) is 14.8. The van der Waals surface area contributed by atoms with Crippen LogP contribution in [0.1, 0.15) is 11.4 Å². The van der Waals surface area contributed by atoms with Gasteiger partial charge >= 0.3 is 0 Å². The van der Waals surface area contributed by atoms with Gasteiger partial charge in [-0.1, -0.05) is 35.5 Å². The molecule has 0 spiro atoms. The molecular formula is C20H21N3O3. The highest BCUT2D eigenvalue weighted by atomic mass is 16.5. The van der Waals surface area contributed by atoms with Gasteiger partial charge in [-0.3, -0.25) is 0 Å². The van der Waals surface area contributed by atoms with Gasteiger partial charge in [-0.05, 0) is 50.0 Å². The average molecular weight is 351 g/mol. The molecule has 1 N–H and O–H groups in total. The summed E-state index contributed by atoms with van der Waals surface area (Å²) in [6.45, 7) is 1.39. The first-order valence-electron chi connectivity index (χ1n) is 8.29. The molecule has 0 aliphatic carbocycles. The van der Waals surface area contributed by atoms with Crippen LogP contribution in [0.25, 0.3) is 23.6 Å². The highest BCUT2D eigenvalue weighted by molar-refractivity contribution is 5.68. The van der Waals surface area contributed by atoms with Crippen molar-refractivity contribution in [1.29, 1.82) is 0 Å². The molecule has 0 aliphatic rings. The van der Waals surface area contributed by atoms with Crippen molar-refractivity contribution in [3.63, 3.8) is 0 Å². The molecule has 6 heteroatoms. The Morgan fingerprint density at radius 2 is 1.85 bits per heavy atom. The minimum absolute atomic E-state index is 0.231. The van der Waals surface area contributed by atoms with Crippen LogP contribution in [0.4, 0.5) is 0 Å². The lowest BCUT2D eigenvalue weighted by molar-refractivity contribution is 0.261. The summed E-state index contributed by atoms with van der Waals surface area (Å²) in [4.78, 5) is 6.47. The van der Waals surface area contributed by atoms with E-state index in [1.54, 1.807) is 30.3 Å². The molecule has 3 rings (SSSR count). The number of benzene rings is 2. The van der Waals surface area contributed by atoms with Gasteiger partial charge in [0.2, 0.25) is 0 Å². The first kappa shape index (κ1) is 17.7. The number of likely N-dealkylation sites (N-methyl/N-ethyl adjacent to an activating group) is 1. The fraction of sp³-hybridized carbons (Fsp3) is 0.200. The lowest BCUT2D eigenvalue weighted by atomic mass is 10.2. The molecule has 26 heavy (non-hydrogen) atoms. The summed E-state index contributed by atoms with van der Waals surface area (Å²) in [5, 5.41) is 13.3. The third-order valence-electron chi connectivity index (χ3n) is 3.67. The van der Waals surface area contributed by atoms with Crippen molar-refractivity contribution >= 4 is 12.2 Å². The summed E-state index contributed by atoms with van der Waals surface area (Å²) < 4.78 is 11.2. The molecule has 0 fully saturated rings. The molecule has 134 valence electrons. The molecule has 0 saturated heterocycles. The topological polar surface area (TPSA) is 71.6 Å². The standard InChI is InChI=1S/C20H21N3O3/c1-23(2)13-14-25-18-6-4-3-5-17(18)20-21-19(22-26-20)12-9-15-7-10-16(24)11-8-15/h3-12,24H,13-14H2,1-2H3/b12-9+. The summed E-state index contributed by atoms with van der Waals surface area (Å²) >= 11 is 0. The largest absolute Gasteiger partial charge is 0.508 e. The van der Waals surface area contributed by atoms with E-state index in [9.17, 15) is 5.11 Å². The van der Waals surface area contributed by atoms with Crippen molar-refractivity contribution in [3.8, 4) is 23.0 Å². The molecule has 2 aromatic carbocycles. The number of phenolic OH excluding ortho intramolecular Hbond substituents is 1. The molecule has 0 atom stereocenters. The van der Waals surface area contributed by atoms with Crippen molar-refractivity contribution in [2.24, 2.45) is 0 Å². The average Bonchev–Trinajstić information content (AvgIpc) is 3.10. The Morgan fingerprint density at radius 1 is 1.08 bits per heavy atom. The van der Waals surface area contributed by atoms with Gasteiger partial charge in [-0.25, -0.2) is 0 Å². The molecular weight excluding hydrogens is 330 g/mol. The Hall–Kier alpha value is -3.12. The van der Waals surface area contributed by atoms with Gasteiger partial charge in [0, 0.05) is 6.54 Å². The zero-order valence-electron chi connectivity index (χ0n) is 14.8. The molecule has 0 saturated carbocycles. The number of aromatic hydroxyl groups is 1. The van der Waals surface area contributed by atoms with E-state index in [-0.39, 0.29) is 5.75 Å². The van der Waals surface area contributed by atoms with Gasteiger partial charge in [0.1, 0.15) is 18.1 Å². The summed E-state index contributed by atoms with van der Waals surface area (Å²) in [5.74, 6) is 1.83. The Morgan fingerprint density at radius 3 is 2.62 bits per heavy atom. The van der Waals surface area contributed by atoms with Crippen LogP contribution < -0.4 is 4.74 Å². The molecule has 1 aromatic heterocycles. The highest BCUT2D eigenvalue weighted by Crippen LogP contribution is 2.28. The second kappa shape index (κ2) is 8.31. The third-order valence-corrected chi connectivity index (χ3v) is 3.67. The second-order valence-corrected chi connectivity index (χ2v) is 6.03. The van der Waals surface area contributed by atoms with Crippen LogP contribution in [0.2, 0.25) is 0 Å². The molecule has 0 aliphatic heterocycles. The minimum Gasteiger partial charge on any atom is -0.508 e. The van der Waals surface area contributed by atoms with Crippen LogP contribution in [0, 0.1) is 0 Å². The van der Waals surface area contributed by atoms with E-state index in [0.29, 0.717) is 24.1 Å². The van der Waals surface area contributed by atoms with Crippen molar-refractivity contribution in [2.45, 2.75) is 0 Å². The molecule has 0 amide bonds. The monoisotopic (exact) mass is 351 g/mol. The molecule has 1 heterocycles. The quantitative estimate of drug-likeness (QED) is 0.702. The maximum absolute atomic E-state index is 9.31.